The monoisotopic (exact) mass is 426 g/mol. The number of fused-ring (bicyclic) bond motifs is 2. The number of carbonyl (C=O) groups excluding carboxylic acids is 2. The van der Waals surface area contributed by atoms with Crippen LogP contribution in [0.15, 0.2) is 10.5 Å². The maximum absolute atomic E-state index is 13.4. The van der Waals surface area contributed by atoms with Gasteiger partial charge in [-0.25, -0.2) is 9.97 Å². The summed E-state index contributed by atoms with van der Waals surface area (Å²) >= 11 is 0. The predicted molar refractivity (Wildman–Crippen MR) is 109 cm³/mol. The van der Waals surface area contributed by atoms with Gasteiger partial charge in [0.15, 0.2) is 0 Å². The van der Waals surface area contributed by atoms with Gasteiger partial charge in [-0.3, -0.25) is 9.59 Å². The summed E-state index contributed by atoms with van der Waals surface area (Å²) in [5, 5.41) is 0. The standard InChI is InChI=1S/C22H26N4O5/c1-29-12-19-23-17-10-25(8-7-18(17)31-19)21(27)15-9-14-16(24-20(15)30-2)11-26(22(14)28)13-5-3-4-6-13/h9,13H,3-8,10-12H2,1-2H3. The number of ether oxygens (including phenoxy) is 2. The second kappa shape index (κ2) is 7.96. The number of carbonyl (C=O) groups is 2. The van der Waals surface area contributed by atoms with Crippen LogP contribution in [0.4, 0.5) is 0 Å². The van der Waals surface area contributed by atoms with Crippen LogP contribution < -0.4 is 4.74 Å². The quantitative estimate of drug-likeness (QED) is 0.724. The Hall–Kier alpha value is -2.94. The molecule has 9 heteroatoms. The van der Waals surface area contributed by atoms with E-state index in [1.807, 2.05) is 4.90 Å². The topological polar surface area (TPSA) is 98.0 Å². The van der Waals surface area contributed by atoms with E-state index in [2.05, 4.69) is 9.97 Å². The van der Waals surface area contributed by atoms with Gasteiger partial charge in [0.05, 0.1) is 31.5 Å². The fourth-order valence-electron chi connectivity index (χ4n) is 4.83. The summed E-state index contributed by atoms with van der Waals surface area (Å²) in [5.41, 5.74) is 2.25. The Kier molecular flexibility index (Phi) is 5.13. The molecule has 0 atom stereocenters. The van der Waals surface area contributed by atoms with Crippen LogP contribution in [0.5, 0.6) is 5.88 Å². The van der Waals surface area contributed by atoms with Gasteiger partial charge in [-0.1, -0.05) is 12.8 Å². The second-order valence-corrected chi connectivity index (χ2v) is 8.30. The first-order valence-corrected chi connectivity index (χ1v) is 10.7. The molecule has 1 fully saturated rings. The lowest BCUT2D eigenvalue weighted by molar-refractivity contribution is 0.0706. The molecule has 0 N–H and O–H groups in total. The van der Waals surface area contributed by atoms with Crippen molar-refractivity contribution in [2.75, 3.05) is 20.8 Å². The Labute approximate surface area is 180 Å². The van der Waals surface area contributed by atoms with Crippen molar-refractivity contribution in [3.63, 3.8) is 0 Å². The third-order valence-electron chi connectivity index (χ3n) is 6.39. The summed E-state index contributed by atoms with van der Waals surface area (Å²) in [7, 11) is 3.08. The van der Waals surface area contributed by atoms with Crippen LogP contribution in [0.3, 0.4) is 0 Å². The van der Waals surface area contributed by atoms with Gasteiger partial charge in [-0.05, 0) is 18.9 Å². The molecule has 9 nitrogen and oxygen atoms in total. The molecule has 0 saturated heterocycles. The van der Waals surface area contributed by atoms with Crippen LogP contribution in [0, 0.1) is 0 Å². The van der Waals surface area contributed by atoms with E-state index >= 15 is 0 Å². The van der Waals surface area contributed by atoms with Crippen molar-refractivity contribution >= 4 is 11.8 Å². The van der Waals surface area contributed by atoms with Gasteiger partial charge in [0.25, 0.3) is 11.8 Å². The number of hydrogen-bond acceptors (Lipinski definition) is 7. The van der Waals surface area contributed by atoms with Gasteiger partial charge in [0.1, 0.15) is 23.6 Å². The van der Waals surface area contributed by atoms with E-state index in [0.29, 0.717) is 55.4 Å². The lowest BCUT2D eigenvalue weighted by Crippen LogP contribution is -2.36. The first-order chi connectivity index (χ1) is 15.1. The first kappa shape index (κ1) is 20.0. The van der Waals surface area contributed by atoms with Gasteiger partial charge in [-0.2, -0.15) is 0 Å². The zero-order valence-electron chi connectivity index (χ0n) is 17.8. The highest BCUT2D eigenvalue weighted by atomic mass is 16.5. The average molecular weight is 426 g/mol. The third kappa shape index (κ3) is 3.46. The number of nitrogens with zero attached hydrogens (tertiary/aromatic N) is 4. The Morgan fingerprint density at radius 2 is 2.00 bits per heavy atom. The van der Waals surface area contributed by atoms with Gasteiger partial charge >= 0.3 is 0 Å². The van der Waals surface area contributed by atoms with E-state index in [9.17, 15) is 9.59 Å². The number of oxazole rings is 1. The molecule has 4 heterocycles. The highest BCUT2D eigenvalue weighted by molar-refractivity contribution is 6.03. The van der Waals surface area contributed by atoms with Crippen molar-refractivity contribution in [2.45, 2.75) is 57.8 Å². The molecule has 5 rings (SSSR count). The molecule has 1 aliphatic carbocycles. The SMILES string of the molecule is COCc1nc2c(o1)CCN(C(=O)c1cc3c(nc1OC)CN(C1CCCC1)C3=O)C2. The summed E-state index contributed by atoms with van der Waals surface area (Å²) in [6.07, 6.45) is 4.93. The van der Waals surface area contributed by atoms with Crippen molar-refractivity contribution in [1.82, 2.24) is 19.8 Å². The third-order valence-corrected chi connectivity index (χ3v) is 6.39. The van der Waals surface area contributed by atoms with Crippen LogP contribution >= 0.6 is 0 Å². The summed E-state index contributed by atoms with van der Waals surface area (Å²) < 4.78 is 16.2. The van der Waals surface area contributed by atoms with Crippen LogP contribution in [-0.2, 0) is 30.9 Å². The molecule has 0 radical (unpaired) electrons. The fraction of sp³-hybridized carbons (Fsp3) is 0.545. The van der Waals surface area contributed by atoms with Crippen molar-refractivity contribution in [3.8, 4) is 5.88 Å². The van der Waals surface area contributed by atoms with Gasteiger partial charge in [-0.15, -0.1) is 0 Å². The molecular weight excluding hydrogens is 400 g/mol. The maximum Gasteiger partial charge on any atom is 0.259 e. The molecule has 0 aromatic carbocycles. The van der Waals surface area contributed by atoms with Gasteiger partial charge in [0.2, 0.25) is 11.8 Å². The van der Waals surface area contributed by atoms with E-state index in [0.717, 1.165) is 37.1 Å². The highest BCUT2D eigenvalue weighted by Gasteiger charge is 2.37. The van der Waals surface area contributed by atoms with E-state index in [1.165, 1.54) is 7.11 Å². The molecule has 31 heavy (non-hydrogen) atoms. The molecule has 1 saturated carbocycles. The molecule has 0 unspecified atom stereocenters. The van der Waals surface area contributed by atoms with E-state index in [-0.39, 0.29) is 23.7 Å². The Bertz CT molecular complexity index is 1030. The Morgan fingerprint density at radius 3 is 2.74 bits per heavy atom. The first-order valence-electron chi connectivity index (χ1n) is 10.7. The summed E-state index contributed by atoms with van der Waals surface area (Å²) in [6, 6.07) is 1.93. The largest absolute Gasteiger partial charge is 0.480 e. The fourth-order valence-corrected chi connectivity index (χ4v) is 4.83. The number of methoxy groups -OCH3 is 2. The van der Waals surface area contributed by atoms with Crippen LogP contribution in [0.25, 0.3) is 0 Å². The summed E-state index contributed by atoms with van der Waals surface area (Å²) in [5.74, 6) is 1.30. The average Bonchev–Trinajstić information content (AvgIpc) is 3.51. The van der Waals surface area contributed by atoms with E-state index < -0.39 is 0 Å². The highest BCUT2D eigenvalue weighted by Crippen LogP contribution is 2.34. The lowest BCUT2D eigenvalue weighted by Gasteiger charge is -2.26. The molecule has 2 aromatic rings. The van der Waals surface area contributed by atoms with Crippen LogP contribution in [0.2, 0.25) is 0 Å². The van der Waals surface area contributed by atoms with Crippen LogP contribution in [-0.4, -0.2) is 58.4 Å². The number of amides is 2. The molecule has 2 aliphatic heterocycles. The molecule has 2 aromatic heterocycles. The van der Waals surface area contributed by atoms with Crippen molar-refractivity contribution < 1.29 is 23.5 Å². The van der Waals surface area contributed by atoms with Crippen molar-refractivity contribution in [1.29, 1.82) is 0 Å². The lowest BCUT2D eigenvalue weighted by atomic mass is 10.1. The van der Waals surface area contributed by atoms with Gasteiger partial charge in [0, 0.05) is 26.1 Å². The zero-order valence-corrected chi connectivity index (χ0v) is 17.8. The van der Waals surface area contributed by atoms with E-state index in [1.54, 1.807) is 18.1 Å². The van der Waals surface area contributed by atoms with Crippen molar-refractivity contribution in [3.05, 3.63) is 40.2 Å². The number of hydrogen-bond donors (Lipinski definition) is 0. The molecule has 0 spiro atoms. The molecule has 3 aliphatic rings. The van der Waals surface area contributed by atoms with Crippen LogP contribution in [0.1, 0.15) is 69.4 Å². The molecule has 2 amide bonds. The number of aromatic nitrogens is 2. The van der Waals surface area contributed by atoms with E-state index in [4.69, 9.17) is 13.9 Å². The van der Waals surface area contributed by atoms with Gasteiger partial charge < -0.3 is 23.7 Å². The summed E-state index contributed by atoms with van der Waals surface area (Å²) in [4.78, 5) is 39.0. The maximum atomic E-state index is 13.4. The number of pyridine rings is 1. The second-order valence-electron chi connectivity index (χ2n) is 8.30. The zero-order chi connectivity index (χ0) is 21.5. The minimum absolute atomic E-state index is 0.0345. The Balaban J connectivity index is 1.40. The minimum atomic E-state index is -0.221. The smallest absolute Gasteiger partial charge is 0.259 e. The minimum Gasteiger partial charge on any atom is -0.480 e. The molecule has 0 bridgehead atoms. The molecular formula is C22H26N4O5. The number of rotatable bonds is 5. The summed E-state index contributed by atoms with van der Waals surface area (Å²) in [6.45, 7) is 1.61. The normalized spacial score (nSPS) is 18.5. The predicted octanol–water partition coefficient (Wildman–Crippen LogP) is 2.32. The van der Waals surface area contributed by atoms with Crippen molar-refractivity contribution in [2.24, 2.45) is 0 Å². The Morgan fingerprint density at radius 1 is 1.19 bits per heavy atom. The molecule has 164 valence electrons.